The molecule has 2 aliphatic heterocycles. The zero-order valence-corrected chi connectivity index (χ0v) is 24.9. The molecule has 226 valence electrons. The van der Waals surface area contributed by atoms with E-state index in [0.29, 0.717) is 53.8 Å². The Balaban J connectivity index is 1.61. The van der Waals surface area contributed by atoms with Crippen LogP contribution in [0.3, 0.4) is 0 Å². The summed E-state index contributed by atoms with van der Waals surface area (Å²) < 4.78 is 57.7. The van der Waals surface area contributed by atoms with Gasteiger partial charge in [0.15, 0.2) is 11.5 Å². The molecule has 13 heteroatoms. The van der Waals surface area contributed by atoms with Crippen molar-refractivity contribution in [3.05, 3.63) is 77.1 Å². The molecular formula is C30H31FN4O7S. The number of nitrogens with zero attached hydrogens (tertiary/aromatic N) is 3. The van der Waals surface area contributed by atoms with Gasteiger partial charge in [0.05, 0.1) is 36.0 Å². The van der Waals surface area contributed by atoms with E-state index in [4.69, 9.17) is 19.2 Å². The number of hydrogen-bond donors (Lipinski definition) is 1. The normalized spacial score (nSPS) is 16.1. The number of fused-ring (bicyclic) bond motifs is 2. The Morgan fingerprint density at radius 2 is 1.74 bits per heavy atom. The first-order chi connectivity index (χ1) is 20.5. The van der Waals surface area contributed by atoms with Crippen molar-refractivity contribution in [2.45, 2.75) is 5.92 Å². The van der Waals surface area contributed by atoms with E-state index in [0.717, 1.165) is 16.6 Å². The molecule has 0 fully saturated rings. The highest BCUT2D eigenvalue weighted by molar-refractivity contribution is 7.92. The van der Waals surface area contributed by atoms with Gasteiger partial charge in [-0.25, -0.2) is 17.6 Å². The molecule has 43 heavy (non-hydrogen) atoms. The minimum absolute atomic E-state index is 0.0560. The molecule has 1 unspecified atom stereocenters. The SMILES string of the molecule is COC(=O)c1ccc2c(c1)NC(=O)C2C(=Nc1ccc(N(CCN(C)C)S(C)(=O)=O)c(F)c1)c1ccc2c(c1)OCCO2. The van der Waals surface area contributed by atoms with E-state index in [1.165, 1.54) is 25.3 Å². The van der Waals surface area contributed by atoms with Gasteiger partial charge in [-0.2, -0.15) is 0 Å². The quantitative estimate of drug-likeness (QED) is 0.288. The third-order valence-corrected chi connectivity index (χ3v) is 8.20. The van der Waals surface area contributed by atoms with E-state index in [2.05, 4.69) is 5.32 Å². The molecule has 0 radical (unpaired) electrons. The molecule has 3 aromatic rings. The number of likely N-dealkylation sites (N-methyl/N-ethyl adjacent to an activating group) is 1. The lowest BCUT2D eigenvalue weighted by Crippen LogP contribution is -2.36. The summed E-state index contributed by atoms with van der Waals surface area (Å²) in [6.07, 6.45) is 1.02. The number of benzene rings is 3. The van der Waals surface area contributed by atoms with Crippen LogP contribution in [0.1, 0.15) is 27.4 Å². The van der Waals surface area contributed by atoms with Crippen LogP contribution in [0, 0.1) is 5.82 Å². The van der Waals surface area contributed by atoms with Gasteiger partial charge in [0.25, 0.3) is 0 Å². The summed E-state index contributed by atoms with van der Waals surface area (Å²) in [5.74, 6) is -1.63. The number of methoxy groups -OCH3 is 1. The van der Waals surface area contributed by atoms with Crippen molar-refractivity contribution < 1.29 is 36.6 Å². The Morgan fingerprint density at radius 1 is 1.02 bits per heavy atom. The van der Waals surface area contributed by atoms with Crippen LogP contribution in [0.15, 0.2) is 59.6 Å². The number of sulfonamides is 1. The highest BCUT2D eigenvalue weighted by atomic mass is 32.2. The molecule has 1 amide bonds. The molecule has 11 nitrogen and oxygen atoms in total. The Bertz CT molecular complexity index is 1730. The number of anilines is 2. The van der Waals surface area contributed by atoms with Crippen LogP contribution < -0.4 is 19.1 Å². The molecule has 0 aliphatic carbocycles. The molecule has 5 rings (SSSR count). The van der Waals surface area contributed by atoms with E-state index in [1.807, 2.05) is 0 Å². The predicted octanol–water partition coefficient (Wildman–Crippen LogP) is 3.57. The van der Waals surface area contributed by atoms with Gasteiger partial charge in [-0.3, -0.25) is 14.1 Å². The average molecular weight is 611 g/mol. The summed E-state index contributed by atoms with van der Waals surface area (Å²) in [6.45, 7) is 1.19. The fourth-order valence-corrected chi connectivity index (χ4v) is 5.86. The van der Waals surface area contributed by atoms with Gasteiger partial charge in [-0.1, -0.05) is 6.07 Å². The van der Waals surface area contributed by atoms with Gasteiger partial charge in [-0.05, 0) is 62.1 Å². The molecule has 1 N–H and O–H groups in total. The van der Waals surface area contributed by atoms with Crippen LogP contribution in [-0.4, -0.2) is 84.7 Å². The number of carbonyl (C=O) groups excluding carboxylic acids is 2. The number of carbonyl (C=O) groups is 2. The molecule has 0 aromatic heterocycles. The molecule has 0 saturated heterocycles. The van der Waals surface area contributed by atoms with Gasteiger partial charge >= 0.3 is 5.97 Å². The summed E-state index contributed by atoms with van der Waals surface area (Å²) in [6, 6.07) is 13.9. The standard InChI is InChI=1S/C30H31FN4O7S/c1-34(2)11-12-35(43(4,38)39)24-9-7-20(17-22(24)31)32-28(18-6-10-25-26(16-18)42-14-13-41-25)27-21-8-5-19(30(37)40-3)15-23(21)33-29(27)36/h5-10,15-17,27H,11-14H2,1-4H3,(H,33,36). The minimum Gasteiger partial charge on any atom is -0.486 e. The number of esters is 1. The van der Waals surface area contributed by atoms with Crippen LogP contribution in [0.4, 0.5) is 21.5 Å². The van der Waals surface area contributed by atoms with Gasteiger partial charge in [0.2, 0.25) is 15.9 Å². The number of nitrogens with one attached hydrogen (secondary N) is 1. The monoisotopic (exact) mass is 610 g/mol. The van der Waals surface area contributed by atoms with Crippen molar-refractivity contribution in [2.75, 3.05) is 63.4 Å². The second-order valence-corrected chi connectivity index (χ2v) is 12.3. The smallest absolute Gasteiger partial charge is 0.337 e. The van der Waals surface area contributed by atoms with Crippen molar-refractivity contribution in [1.29, 1.82) is 0 Å². The fourth-order valence-electron chi connectivity index (χ4n) is 4.94. The molecule has 0 bridgehead atoms. The summed E-state index contributed by atoms with van der Waals surface area (Å²) in [4.78, 5) is 32.0. The van der Waals surface area contributed by atoms with Crippen molar-refractivity contribution in [2.24, 2.45) is 4.99 Å². The molecule has 1 atom stereocenters. The third kappa shape index (κ3) is 6.32. The Morgan fingerprint density at radius 3 is 2.42 bits per heavy atom. The minimum atomic E-state index is -3.77. The van der Waals surface area contributed by atoms with E-state index in [-0.39, 0.29) is 23.5 Å². The van der Waals surface area contributed by atoms with Crippen LogP contribution >= 0.6 is 0 Å². The molecule has 3 aromatic carbocycles. The molecule has 2 heterocycles. The maximum absolute atomic E-state index is 15.5. The van der Waals surface area contributed by atoms with Crippen LogP contribution in [0.25, 0.3) is 0 Å². The maximum atomic E-state index is 15.5. The first-order valence-corrected chi connectivity index (χ1v) is 15.2. The second-order valence-electron chi connectivity index (χ2n) is 10.3. The van der Waals surface area contributed by atoms with Gasteiger partial charge in [0.1, 0.15) is 24.9 Å². The van der Waals surface area contributed by atoms with Crippen molar-refractivity contribution in [3.8, 4) is 11.5 Å². The topological polar surface area (TPSA) is 127 Å². The van der Waals surface area contributed by atoms with Crippen LogP contribution in [0.2, 0.25) is 0 Å². The summed E-state index contributed by atoms with van der Waals surface area (Å²) in [5.41, 5.74) is 2.14. The lowest BCUT2D eigenvalue weighted by molar-refractivity contribution is -0.115. The average Bonchev–Trinajstić information content (AvgIpc) is 3.30. The molecule has 0 saturated carbocycles. The molecule has 0 spiro atoms. The van der Waals surface area contributed by atoms with E-state index >= 15 is 4.39 Å². The Hall–Kier alpha value is -4.49. The Labute approximate surface area is 248 Å². The second kappa shape index (κ2) is 12.0. The Kier molecular flexibility index (Phi) is 8.38. The predicted molar refractivity (Wildman–Crippen MR) is 160 cm³/mol. The lowest BCUT2D eigenvalue weighted by atomic mass is 9.90. The largest absolute Gasteiger partial charge is 0.486 e. The van der Waals surface area contributed by atoms with E-state index in [9.17, 15) is 18.0 Å². The summed E-state index contributed by atoms with van der Waals surface area (Å²) in [5, 5.41) is 2.81. The first kappa shape index (κ1) is 30.0. The van der Waals surface area contributed by atoms with Crippen molar-refractivity contribution in [3.63, 3.8) is 0 Å². The molecular weight excluding hydrogens is 579 g/mol. The number of rotatable bonds is 9. The lowest BCUT2D eigenvalue weighted by Gasteiger charge is -2.24. The van der Waals surface area contributed by atoms with E-state index < -0.39 is 33.6 Å². The van der Waals surface area contributed by atoms with Crippen molar-refractivity contribution >= 4 is 44.7 Å². The zero-order valence-electron chi connectivity index (χ0n) is 24.1. The summed E-state index contributed by atoms with van der Waals surface area (Å²) in [7, 11) is 1.09. The van der Waals surface area contributed by atoms with Crippen LogP contribution in [-0.2, 0) is 19.6 Å². The number of aliphatic imine (C=N–C) groups is 1. The third-order valence-electron chi connectivity index (χ3n) is 7.02. The first-order valence-electron chi connectivity index (χ1n) is 13.4. The van der Waals surface area contributed by atoms with E-state index in [1.54, 1.807) is 49.3 Å². The van der Waals surface area contributed by atoms with Gasteiger partial charge < -0.3 is 24.4 Å². The highest BCUT2D eigenvalue weighted by Crippen LogP contribution is 2.39. The fraction of sp³-hybridized carbons (Fsp3) is 0.300. The number of amides is 1. The van der Waals surface area contributed by atoms with Gasteiger partial charge in [-0.15, -0.1) is 0 Å². The number of halogens is 1. The maximum Gasteiger partial charge on any atom is 0.337 e. The van der Waals surface area contributed by atoms with Crippen LogP contribution in [0.5, 0.6) is 11.5 Å². The zero-order chi connectivity index (χ0) is 30.9. The van der Waals surface area contributed by atoms with Gasteiger partial charge in [0, 0.05) is 30.4 Å². The number of hydrogen-bond acceptors (Lipinski definition) is 9. The molecule has 2 aliphatic rings. The highest BCUT2D eigenvalue weighted by Gasteiger charge is 2.36. The summed E-state index contributed by atoms with van der Waals surface area (Å²) >= 11 is 0. The number of ether oxygens (including phenoxy) is 3. The van der Waals surface area contributed by atoms with Crippen molar-refractivity contribution in [1.82, 2.24) is 4.90 Å².